The minimum atomic E-state index is 0.333. The first-order valence-electron chi connectivity index (χ1n) is 2.76. The van der Waals surface area contributed by atoms with Gasteiger partial charge in [0, 0.05) is 19.5 Å². The van der Waals surface area contributed by atoms with Crippen LogP contribution in [-0.2, 0) is 4.74 Å². The minimum Gasteiger partial charge on any atom is -0.372 e. The first-order valence-corrected chi connectivity index (χ1v) is 2.76. The summed E-state index contributed by atoms with van der Waals surface area (Å²) in [6, 6.07) is 0. The second-order valence-electron chi connectivity index (χ2n) is 2.39. The maximum atomic E-state index is 5.29. The Kier molecular flexibility index (Phi) is 0.557. The molecule has 0 aromatic heterocycles. The monoisotopic (exact) mass is 99.1 g/mol. The molecule has 0 aromatic rings. The van der Waals surface area contributed by atoms with Crippen molar-refractivity contribution < 1.29 is 4.74 Å². The van der Waals surface area contributed by atoms with Gasteiger partial charge in [0.25, 0.3) is 0 Å². The van der Waals surface area contributed by atoms with E-state index in [-0.39, 0.29) is 0 Å². The molecule has 2 heterocycles. The molecule has 0 unspecified atom stereocenters. The van der Waals surface area contributed by atoms with Crippen LogP contribution in [0, 0.1) is 0 Å². The highest BCUT2D eigenvalue weighted by Gasteiger charge is 2.43. The van der Waals surface area contributed by atoms with Crippen molar-refractivity contribution in [2.24, 2.45) is 0 Å². The van der Waals surface area contributed by atoms with Crippen LogP contribution in [0.1, 0.15) is 6.42 Å². The van der Waals surface area contributed by atoms with Crippen molar-refractivity contribution in [1.29, 1.82) is 0 Å². The Bertz CT molecular complexity index is 68.6. The largest absolute Gasteiger partial charge is 0.372 e. The van der Waals surface area contributed by atoms with Crippen LogP contribution in [0.5, 0.6) is 0 Å². The first-order chi connectivity index (χ1) is 3.41. The number of rotatable bonds is 0. The second kappa shape index (κ2) is 1.01. The molecular formula is C5H9NO. The minimum absolute atomic E-state index is 0.333. The maximum Gasteiger partial charge on any atom is 0.0951 e. The lowest BCUT2D eigenvalue weighted by molar-refractivity contribution is -0.173. The second-order valence-corrected chi connectivity index (χ2v) is 2.39. The predicted molar refractivity (Wildman–Crippen MR) is 26.2 cm³/mol. The Morgan fingerprint density at radius 2 is 2.14 bits per heavy atom. The first kappa shape index (κ1) is 3.87. The van der Waals surface area contributed by atoms with Crippen LogP contribution in [0.2, 0.25) is 0 Å². The molecule has 0 radical (unpaired) electrons. The van der Waals surface area contributed by atoms with Crippen molar-refractivity contribution in [1.82, 2.24) is 5.32 Å². The lowest BCUT2D eigenvalue weighted by Crippen LogP contribution is -2.66. The average Bonchev–Trinajstić information content (AvgIpc) is 1.20. The fraction of sp³-hybridized carbons (Fsp3) is 1.00. The molecule has 0 saturated carbocycles. The van der Waals surface area contributed by atoms with Gasteiger partial charge in [0.15, 0.2) is 0 Å². The molecule has 40 valence electrons. The van der Waals surface area contributed by atoms with Crippen molar-refractivity contribution in [2.45, 2.75) is 12.0 Å². The highest BCUT2D eigenvalue weighted by molar-refractivity contribution is 4.99. The predicted octanol–water partition coefficient (Wildman–Crippen LogP) is -0.251. The van der Waals surface area contributed by atoms with Crippen LogP contribution >= 0.6 is 0 Å². The number of ether oxygens (including phenoxy) is 1. The molecule has 2 aliphatic heterocycles. The van der Waals surface area contributed by atoms with E-state index in [9.17, 15) is 0 Å². The third kappa shape index (κ3) is 0.359. The molecule has 0 amide bonds. The molecule has 2 rings (SSSR count). The van der Waals surface area contributed by atoms with E-state index in [0.717, 1.165) is 19.7 Å². The molecule has 1 N–H and O–H groups in total. The summed E-state index contributed by atoms with van der Waals surface area (Å²) in [4.78, 5) is 0. The summed E-state index contributed by atoms with van der Waals surface area (Å²) in [5, 5.41) is 3.18. The van der Waals surface area contributed by atoms with Gasteiger partial charge in [-0.25, -0.2) is 0 Å². The summed E-state index contributed by atoms with van der Waals surface area (Å²) < 4.78 is 5.29. The number of hydrogen-bond acceptors (Lipinski definition) is 2. The average molecular weight is 99.1 g/mol. The molecule has 2 aliphatic rings. The van der Waals surface area contributed by atoms with Gasteiger partial charge < -0.3 is 10.1 Å². The summed E-state index contributed by atoms with van der Waals surface area (Å²) in [7, 11) is 0. The zero-order valence-corrected chi connectivity index (χ0v) is 4.24. The topological polar surface area (TPSA) is 21.3 Å². The van der Waals surface area contributed by atoms with E-state index in [1.165, 1.54) is 6.42 Å². The number of hydrogen-bond donors (Lipinski definition) is 1. The van der Waals surface area contributed by atoms with E-state index in [1.807, 2.05) is 0 Å². The quantitative estimate of drug-likeness (QED) is 0.452. The molecule has 0 aromatic carbocycles. The van der Waals surface area contributed by atoms with E-state index < -0.39 is 0 Å². The Hall–Kier alpha value is -0.0800. The number of nitrogens with one attached hydrogen (secondary N) is 1. The Morgan fingerprint density at radius 1 is 1.43 bits per heavy atom. The van der Waals surface area contributed by atoms with Crippen LogP contribution in [-0.4, -0.2) is 25.3 Å². The molecule has 2 saturated heterocycles. The van der Waals surface area contributed by atoms with Gasteiger partial charge in [-0.15, -0.1) is 0 Å². The fourth-order valence-corrected chi connectivity index (χ4v) is 1.07. The summed E-state index contributed by atoms with van der Waals surface area (Å²) >= 11 is 0. The lowest BCUT2D eigenvalue weighted by Gasteiger charge is -2.49. The van der Waals surface area contributed by atoms with Gasteiger partial charge in [0.2, 0.25) is 0 Å². The van der Waals surface area contributed by atoms with E-state index in [1.54, 1.807) is 0 Å². The smallest absolute Gasteiger partial charge is 0.0951 e. The standard InChI is InChI=1S/C5H9NO/c1-2-7-5(1)3-6-4-5/h6H,1-4H2. The van der Waals surface area contributed by atoms with Gasteiger partial charge in [-0.1, -0.05) is 0 Å². The molecule has 0 aliphatic carbocycles. The molecule has 0 atom stereocenters. The van der Waals surface area contributed by atoms with Gasteiger partial charge in [-0.05, 0) is 0 Å². The van der Waals surface area contributed by atoms with Crippen molar-refractivity contribution in [3.8, 4) is 0 Å². The molecule has 2 heteroatoms. The van der Waals surface area contributed by atoms with Crippen LogP contribution < -0.4 is 5.32 Å². The van der Waals surface area contributed by atoms with Crippen LogP contribution in [0.4, 0.5) is 0 Å². The molecule has 0 bridgehead atoms. The normalized spacial score (nSPS) is 34.3. The highest BCUT2D eigenvalue weighted by Crippen LogP contribution is 2.29. The van der Waals surface area contributed by atoms with Crippen LogP contribution in [0.3, 0.4) is 0 Å². The molecule has 2 nitrogen and oxygen atoms in total. The summed E-state index contributed by atoms with van der Waals surface area (Å²) in [6.45, 7) is 3.17. The molecule has 1 spiro atoms. The van der Waals surface area contributed by atoms with E-state index in [4.69, 9.17) is 4.74 Å². The third-order valence-corrected chi connectivity index (χ3v) is 1.86. The fourth-order valence-electron chi connectivity index (χ4n) is 1.07. The van der Waals surface area contributed by atoms with E-state index in [0.29, 0.717) is 5.60 Å². The summed E-state index contributed by atoms with van der Waals surface area (Å²) in [5.41, 5.74) is 0.333. The summed E-state index contributed by atoms with van der Waals surface area (Å²) in [6.07, 6.45) is 1.28. The lowest BCUT2D eigenvalue weighted by atomic mass is 9.89. The zero-order chi connectivity index (χ0) is 4.74. The van der Waals surface area contributed by atoms with Gasteiger partial charge >= 0.3 is 0 Å². The van der Waals surface area contributed by atoms with Crippen LogP contribution in [0.25, 0.3) is 0 Å². The third-order valence-electron chi connectivity index (χ3n) is 1.86. The Labute approximate surface area is 42.9 Å². The maximum absolute atomic E-state index is 5.29. The van der Waals surface area contributed by atoms with E-state index in [2.05, 4.69) is 5.32 Å². The van der Waals surface area contributed by atoms with Crippen LogP contribution in [0.15, 0.2) is 0 Å². The SMILES string of the molecule is C1CC2(CNC2)O1. The summed E-state index contributed by atoms with van der Waals surface area (Å²) in [5.74, 6) is 0. The molecule has 2 fully saturated rings. The Morgan fingerprint density at radius 3 is 2.14 bits per heavy atom. The van der Waals surface area contributed by atoms with E-state index >= 15 is 0 Å². The van der Waals surface area contributed by atoms with Gasteiger partial charge in [-0.3, -0.25) is 0 Å². The van der Waals surface area contributed by atoms with Gasteiger partial charge in [-0.2, -0.15) is 0 Å². The van der Waals surface area contributed by atoms with Crippen molar-refractivity contribution >= 4 is 0 Å². The molecule has 7 heavy (non-hydrogen) atoms. The van der Waals surface area contributed by atoms with Crippen molar-refractivity contribution in [2.75, 3.05) is 19.7 Å². The van der Waals surface area contributed by atoms with Gasteiger partial charge in [0.1, 0.15) is 0 Å². The zero-order valence-electron chi connectivity index (χ0n) is 4.24. The van der Waals surface area contributed by atoms with Crippen molar-refractivity contribution in [3.05, 3.63) is 0 Å². The van der Waals surface area contributed by atoms with Crippen molar-refractivity contribution in [3.63, 3.8) is 0 Å². The highest BCUT2D eigenvalue weighted by atomic mass is 16.5. The molecular weight excluding hydrogens is 90.1 g/mol. The Balaban J connectivity index is 2.00. The van der Waals surface area contributed by atoms with Gasteiger partial charge in [0.05, 0.1) is 12.2 Å².